The topological polar surface area (TPSA) is 87.1 Å². The second kappa shape index (κ2) is 9.13. The summed E-state index contributed by atoms with van der Waals surface area (Å²) in [5, 5.41) is 14.9. The molecule has 0 aliphatic heterocycles. The number of nitrogens with one attached hydrogen (secondary N) is 2. The van der Waals surface area contributed by atoms with E-state index in [-0.39, 0.29) is 6.42 Å². The van der Waals surface area contributed by atoms with Crippen molar-refractivity contribution in [3.63, 3.8) is 0 Å². The van der Waals surface area contributed by atoms with E-state index in [1.54, 1.807) is 0 Å². The van der Waals surface area contributed by atoms with Crippen molar-refractivity contribution in [3.05, 3.63) is 12.4 Å². The molecule has 0 spiro atoms. The first kappa shape index (κ1) is 15.2. The molecular formula is C13H22N4O2. The fourth-order valence-electron chi connectivity index (χ4n) is 1.60. The molecule has 3 N–H and O–H groups in total. The van der Waals surface area contributed by atoms with Gasteiger partial charge in [-0.05, 0) is 12.8 Å². The average molecular weight is 266 g/mol. The SMILES string of the molecule is CCCCCNc1cc(NCCCC(=O)O)ncn1. The van der Waals surface area contributed by atoms with E-state index in [1.165, 1.54) is 19.2 Å². The molecule has 1 heterocycles. The largest absolute Gasteiger partial charge is 0.481 e. The zero-order valence-corrected chi connectivity index (χ0v) is 11.4. The second-order valence-corrected chi connectivity index (χ2v) is 4.35. The molecule has 106 valence electrons. The van der Waals surface area contributed by atoms with E-state index in [2.05, 4.69) is 27.5 Å². The number of aromatic nitrogens is 2. The summed E-state index contributed by atoms with van der Waals surface area (Å²) in [5.74, 6) is 0.744. The summed E-state index contributed by atoms with van der Waals surface area (Å²) >= 11 is 0. The highest BCUT2D eigenvalue weighted by molar-refractivity contribution is 5.66. The van der Waals surface area contributed by atoms with E-state index >= 15 is 0 Å². The minimum atomic E-state index is -0.775. The Hall–Kier alpha value is -1.85. The number of anilines is 2. The molecule has 0 aliphatic rings. The van der Waals surface area contributed by atoms with E-state index in [0.717, 1.165) is 24.6 Å². The quantitative estimate of drug-likeness (QED) is 0.563. The molecule has 1 rings (SSSR count). The summed E-state index contributed by atoms with van der Waals surface area (Å²) in [6.45, 7) is 3.67. The van der Waals surface area contributed by atoms with Crippen LogP contribution in [0.2, 0.25) is 0 Å². The molecule has 0 saturated carbocycles. The van der Waals surface area contributed by atoms with Gasteiger partial charge in [0, 0.05) is 25.6 Å². The summed E-state index contributed by atoms with van der Waals surface area (Å²) in [7, 11) is 0. The number of nitrogens with zero attached hydrogens (tertiary/aromatic N) is 2. The third-order valence-corrected chi connectivity index (χ3v) is 2.63. The summed E-state index contributed by atoms with van der Waals surface area (Å²) in [4.78, 5) is 18.6. The van der Waals surface area contributed by atoms with Crippen molar-refractivity contribution < 1.29 is 9.90 Å². The standard InChI is InChI=1S/C13H22N4O2/c1-2-3-4-7-14-11-9-12(17-10-16-11)15-8-5-6-13(18)19/h9-10H,2-8H2,1H3,(H,18,19)(H2,14,15,16,17). The Morgan fingerprint density at radius 3 is 2.37 bits per heavy atom. The molecule has 0 amide bonds. The first-order valence-electron chi connectivity index (χ1n) is 6.74. The van der Waals surface area contributed by atoms with Gasteiger partial charge in [-0.1, -0.05) is 19.8 Å². The van der Waals surface area contributed by atoms with Crippen LogP contribution in [0.1, 0.15) is 39.0 Å². The molecule has 6 nitrogen and oxygen atoms in total. The monoisotopic (exact) mass is 266 g/mol. The molecule has 0 aromatic carbocycles. The number of rotatable bonds is 10. The minimum Gasteiger partial charge on any atom is -0.481 e. The van der Waals surface area contributed by atoms with Crippen molar-refractivity contribution in [2.45, 2.75) is 39.0 Å². The smallest absolute Gasteiger partial charge is 0.303 e. The van der Waals surface area contributed by atoms with E-state index < -0.39 is 5.97 Å². The van der Waals surface area contributed by atoms with Gasteiger partial charge in [0.2, 0.25) is 0 Å². The van der Waals surface area contributed by atoms with Gasteiger partial charge in [0.05, 0.1) is 0 Å². The number of aliphatic carboxylic acids is 1. The number of carbonyl (C=O) groups is 1. The van der Waals surface area contributed by atoms with Crippen LogP contribution in [0.15, 0.2) is 12.4 Å². The van der Waals surface area contributed by atoms with Crippen molar-refractivity contribution in [2.75, 3.05) is 23.7 Å². The van der Waals surface area contributed by atoms with Crippen molar-refractivity contribution >= 4 is 17.6 Å². The Labute approximate surface area is 113 Å². The Kier molecular flexibility index (Phi) is 7.31. The third kappa shape index (κ3) is 7.23. The summed E-state index contributed by atoms with van der Waals surface area (Å²) in [6.07, 6.45) is 5.78. The van der Waals surface area contributed by atoms with Crippen LogP contribution in [0.5, 0.6) is 0 Å². The van der Waals surface area contributed by atoms with Gasteiger partial charge in [0.1, 0.15) is 18.0 Å². The highest BCUT2D eigenvalue weighted by atomic mass is 16.4. The Bertz CT molecular complexity index is 385. The van der Waals surface area contributed by atoms with Crippen LogP contribution in [0.25, 0.3) is 0 Å². The van der Waals surface area contributed by atoms with Gasteiger partial charge in [-0.3, -0.25) is 4.79 Å². The van der Waals surface area contributed by atoms with Crippen LogP contribution in [-0.2, 0) is 4.79 Å². The van der Waals surface area contributed by atoms with Crippen LogP contribution < -0.4 is 10.6 Å². The Morgan fingerprint density at radius 2 is 1.79 bits per heavy atom. The maximum Gasteiger partial charge on any atom is 0.303 e. The molecule has 6 heteroatoms. The number of carboxylic acids is 1. The molecule has 0 aliphatic carbocycles. The fraction of sp³-hybridized carbons (Fsp3) is 0.615. The molecule has 19 heavy (non-hydrogen) atoms. The van der Waals surface area contributed by atoms with Crippen molar-refractivity contribution in [1.29, 1.82) is 0 Å². The minimum absolute atomic E-state index is 0.167. The Balaban J connectivity index is 2.28. The predicted molar refractivity (Wildman–Crippen MR) is 75.4 cm³/mol. The zero-order valence-electron chi connectivity index (χ0n) is 11.4. The van der Waals surface area contributed by atoms with Gasteiger partial charge in [-0.25, -0.2) is 9.97 Å². The first-order chi connectivity index (χ1) is 9.22. The van der Waals surface area contributed by atoms with Gasteiger partial charge >= 0.3 is 5.97 Å². The summed E-state index contributed by atoms with van der Waals surface area (Å²) < 4.78 is 0. The summed E-state index contributed by atoms with van der Waals surface area (Å²) in [5.41, 5.74) is 0. The molecule has 0 bridgehead atoms. The lowest BCUT2D eigenvalue weighted by atomic mass is 10.2. The van der Waals surface area contributed by atoms with Gasteiger partial charge in [0.15, 0.2) is 0 Å². The molecule has 0 unspecified atom stereocenters. The van der Waals surface area contributed by atoms with E-state index in [4.69, 9.17) is 5.11 Å². The number of hydrogen-bond donors (Lipinski definition) is 3. The van der Waals surface area contributed by atoms with Crippen molar-refractivity contribution in [2.24, 2.45) is 0 Å². The maximum absolute atomic E-state index is 10.4. The van der Waals surface area contributed by atoms with Crippen LogP contribution >= 0.6 is 0 Å². The van der Waals surface area contributed by atoms with Gasteiger partial charge in [0.25, 0.3) is 0 Å². The molecular weight excluding hydrogens is 244 g/mol. The molecule has 1 aromatic rings. The van der Waals surface area contributed by atoms with Crippen LogP contribution in [0.3, 0.4) is 0 Å². The lowest BCUT2D eigenvalue weighted by Gasteiger charge is -2.08. The highest BCUT2D eigenvalue weighted by Crippen LogP contribution is 2.09. The lowest BCUT2D eigenvalue weighted by Crippen LogP contribution is -2.08. The van der Waals surface area contributed by atoms with Gasteiger partial charge in [-0.15, -0.1) is 0 Å². The fourth-order valence-corrected chi connectivity index (χ4v) is 1.60. The van der Waals surface area contributed by atoms with Crippen molar-refractivity contribution in [1.82, 2.24) is 9.97 Å². The predicted octanol–water partition coefficient (Wildman–Crippen LogP) is 2.36. The van der Waals surface area contributed by atoms with Crippen LogP contribution in [0, 0.1) is 0 Å². The second-order valence-electron chi connectivity index (χ2n) is 4.35. The van der Waals surface area contributed by atoms with Crippen LogP contribution in [-0.4, -0.2) is 34.1 Å². The average Bonchev–Trinajstić information content (AvgIpc) is 2.40. The number of unbranched alkanes of at least 4 members (excludes halogenated alkanes) is 2. The summed E-state index contributed by atoms with van der Waals surface area (Å²) in [6, 6.07) is 1.84. The third-order valence-electron chi connectivity index (χ3n) is 2.63. The van der Waals surface area contributed by atoms with E-state index in [1.807, 2.05) is 6.07 Å². The van der Waals surface area contributed by atoms with E-state index in [0.29, 0.717) is 13.0 Å². The number of carboxylic acid groups (broad SMARTS) is 1. The molecule has 0 atom stereocenters. The highest BCUT2D eigenvalue weighted by Gasteiger charge is 1.99. The normalized spacial score (nSPS) is 10.2. The molecule has 0 radical (unpaired) electrons. The van der Waals surface area contributed by atoms with Crippen molar-refractivity contribution in [3.8, 4) is 0 Å². The number of hydrogen-bond acceptors (Lipinski definition) is 5. The Morgan fingerprint density at radius 1 is 1.16 bits per heavy atom. The zero-order chi connectivity index (χ0) is 13.9. The molecule has 0 fully saturated rings. The molecule has 1 aromatic heterocycles. The van der Waals surface area contributed by atoms with Gasteiger partial charge < -0.3 is 15.7 Å². The van der Waals surface area contributed by atoms with Crippen LogP contribution in [0.4, 0.5) is 11.6 Å². The van der Waals surface area contributed by atoms with Gasteiger partial charge in [-0.2, -0.15) is 0 Å². The van der Waals surface area contributed by atoms with E-state index in [9.17, 15) is 4.79 Å². The molecule has 0 saturated heterocycles. The first-order valence-corrected chi connectivity index (χ1v) is 6.74. The lowest BCUT2D eigenvalue weighted by molar-refractivity contribution is -0.137. The maximum atomic E-state index is 10.4.